The first-order chi connectivity index (χ1) is 18.6. The molecule has 1 aromatic carbocycles. The van der Waals surface area contributed by atoms with Gasteiger partial charge >= 0.3 is 0 Å². The second kappa shape index (κ2) is 14.2. The summed E-state index contributed by atoms with van der Waals surface area (Å²) in [5.74, 6) is 0.445. The van der Waals surface area contributed by atoms with Crippen molar-refractivity contribution in [2.45, 2.75) is 82.4 Å². The van der Waals surface area contributed by atoms with Gasteiger partial charge in [-0.2, -0.15) is 0 Å². The number of piperidine rings is 1. The SMILES string of the molecule is CCCCN1C(=O)[C@@H]([C@H](O)C2CCCCC2)NC(=O)C12CCN(CCOc1ccc(NS(C)(=O)=O)cc1)CC2.Cl. The van der Waals surface area contributed by atoms with E-state index in [1.54, 1.807) is 29.2 Å². The molecule has 226 valence electrons. The summed E-state index contributed by atoms with van der Waals surface area (Å²) in [5.41, 5.74) is -0.387. The Morgan fingerprint density at radius 2 is 1.75 bits per heavy atom. The van der Waals surface area contributed by atoms with Crippen LogP contribution in [0.5, 0.6) is 5.75 Å². The van der Waals surface area contributed by atoms with Crippen LogP contribution in [-0.2, 0) is 19.6 Å². The minimum absolute atomic E-state index is 0. The molecule has 0 unspecified atom stereocenters. The maximum Gasteiger partial charge on any atom is 0.248 e. The number of unbranched alkanes of at least 4 members (excludes halogenated alkanes) is 1. The molecule has 2 atom stereocenters. The molecule has 3 aliphatic rings. The molecule has 1 saturated carbocycles. The van der Waals surface area contributed by atoms with Gasteiger partial charge in [0.1, 0.15) is 23.9 Å². The number of carbonyl (C=O) groups excluding carboxylic acids is 2. The van der Waals surface area contributed by atoms with Crippen LogP contribution in [0.4, 0.5) is 5.69 Å². The number of ether oxygens (including phenoxy) is 1. The smallest absolute Gasteiger partial charge is 0.248 e. The predicted octanol–water partition coefficient (Wildman–Crippen LogP) is 2.76. The second-order valence-corrected chi connectivity index (χ2v) is 13.1. The van der Waals surface area contributed by atoms with Crippen LogP contribution >= 0.6 is 12.4 Å². The largest absolute Gasteiger partial charge is 0.492 e. The van der Waals surface area contributed by atoms with Crippen molar-refractivity contribution < 1.29 is 27.9 Å². The third-order valence-corrected chi connectivity index (χ3v) is 9.09. The van der Waals surface area contributed by atoms with E-state index in [0.29, 0.717) is 57.1 Å². The quantitative estimate of drug-likeness (QED) is 0.356. The number of amides is 2. The predicted molar refractivity (Wildman–Crippen MR) is 157 cm³/mol. The number of rotatable bonds is 11. The van der Waals surface area contributed by atoms with Crippen LogP contribution in [0.25, 0.3) is 0 Å². The van der Waals surface area contributed by atoms with Crippen LogP contribution in [0.3, 0.4) is 0 Å². The Labute approximate surface area is 244 Å². The van der Waals surface area contributed by atoms with Crippen molar-refractivity contribution in [1.82, 2.24) is 15.1 Å². The summed E-state index contributed by atoms with van der Waals surface area (Å²) in [5, 5.41) is 14.1. The average molecular weight is 601 g/mol. The minimum Gasteiger partial charge on any atom is -0.492 e. The van der Waals surface area contributed by atoms with Crippen LogP contribution < -0.4 is 14.8 Å². The molecule has 0 radical (unpaired) electrons. The van der Waals surface area contributed by atoms with Gasteiger partial charge in [0, 0.05) is 31.9 Å². The van der Waals surface area contributed by atoms with E-state index in [9.17, 15) is 23.1 Å². The fourth-order valence-electron chi connectivity index (χ4n) is 6.23. The average Bonchev–Trinajstić information content (AvgIpc) is 2.92. The topological polar surface area (TPSA) is 128 Å². The molecule has 40 heavy (non-hydrogen) atoms. The summed E-state index contributed by atoms with van der Waals surface area (Å²) in [6.07, 6.45) is 8.20. The number of hydrogen-bond donors (Lipinski definition) is 3. The molecular weight excluding hydrogens is 556 g/mol. The molecule has 3 fully saturated rings. The fraction of sp³-hybridized carbons (Fsp3) is 0.714. The van der Waals surface area contributed by atoms with Gasteiger partial charge in [0.05, 0.1) is 12.4 Å². The van der Waals surface area contributed by atoms with Gasteiger partial charge in [-0.3, -0.25) is 19.2 Å². The fourth-order valence-corrected chi connectivity index (χ4v) is 6.79. The number of carbonyl (C=O) groups is 2. The lowest BCUT2D eigenvalue weighted by atomic mass is 9.78. The molecule has 2 heterocycles. The van der Waals surface area contributed by atoms with E-state index in [1.807, 2.05) is 0 Å². The Bertz CT molecular complexity index is 1090. The van der Waals surface area contributed by atoms with Gasteiger partial charge in [-0.05, 0) is 62.3 Å². The number of aliphatic hydroxyl groups is 1. The Kier molecular flexibility index (Phi) is 11.5. The molecule has 12 heteroatoms. The number of likely N-dealkylation sites (tertiary alicyclic amines) is 1. The van der Waals surface area contributed by atoms with Gasteiger partial charge in [0.25, 0.3) is 0 Å². The molecule has 2 amide bonds. The van der Waals surface area contributed by atoms with Gasteiger partial charge in [-0.15, -0.1) is 12.4 Å². The standard InChI is InChI=1S/C28H44N4O6S.ClH/c1-3-4-16-32-26(34)24(25(33)21-8-6-5-7-9-21)29-27(35)28(32)14-17-31(18-15-28)19-20-38-23-12-10-22(11-13-23)30-39(2,36)37;/h10-13,21,24-25,30,33H,3-9,14-20H2,1-2H3,(H,29,35);1H/t24-,25-;/m1./s1. The highest BCUT2D eigenvalue weighted by molar-refractivity contribution is 7.92. The normalized spacial score (nSPS) is 22.9. The van der Waals surface area contributed by atoms with E-state index in [1.165, 1.54) is 0 Å². The zero-order valence-electron chi connectivity index (χ0n) is 23.6. The van der Waals surface area contributed by atoms with Crippen molar-refractivity contribution in [3.05, 3.63) is 24.3 Å². The van der Waals surface area contributed by atoms with E-state index in [0.717, 1.165) is 51.2 Å². The molecule has 0 aromatic heterocycles. The molecule has 1 aromatic rings. The second-order valence-electron chi connectivity index (χ2n) is 11.3. The maximum absolute atomic E-state index is 13.7. The molecule has 2 aliphatic heterocycles. The highest BCUT2D eigenvalue weighted by atomic mass is 35.5. The molecule has 2 saturated heterocycles. The van der Waals surface area contributed by atoms with Crippen molar-refractivity contribution in [2.24, 2.45) is 5.92 Å². The summed E-state index contributed by atoms with van der Waals surface area (Å²) in [7, 11) is -3.33. The molecule has 3 N–H and O–H groups in total. The summed E-state index contributed by atoms with van der Waals surface area (Å²) in [6, 6.07) is 5.90. The number of benzene rings is 1. The number of hydrogen-bond acceptors (Lipinski definition) is 7. The number of anilines is 1. The number of halogens is 1. The first-order valence-corrected chi connectivity index (χ1v) is 16.3. The molecule has 0 bridgehead atoms. The number of sulfonamides is 1. The minimum atomic E-state index is -3.33. The molecular formula is C28H45ClN4O6S. The van der Waals surface area contributed by atoms with E-state index in [-0.39, 0.29) is 30.1 Å². The van der Waals surface area contributed by atoms with Crippen LogP contribution in [0.15, 0.2) is 24.3 Å². The number of nitrogens with one attached hydrogen (secondary N) is 2. The van der Waals surface area contributed by atoms with E-state index < -0.39 is 27.7 Å². The number of piperazine rings is 1. The first kappa shape index (κ1) is 32.4. The van der Waals surface area contributed by atoms with Crippen LogP contribution in [-0.4, -0.2) is 91.9 Å². The Morgan fingerprint density at radius 1 is 1.10 bits per heavy atom. The zero-order chi connectivity index (χ0) is 28.0. The first-order valence-electron chi connectivity index (χ1n) is 14.4. The van der Waals surface area contributed by atoms with Crippen LogP contribution in [0.1, 0.15) is 64.7 Å². The number of aliphatic hydroxyl groups excluding tert-OH is 1. The Hall–Kier alpha value is -2.08. The van der Waals surface area contributed by atoms with Crippen molar-refractivity contribution in [3.63, 3.8) is 0 Å². The van der Waals surface area contributed by atoms with Crippen molar-refractivity contribution >= 4 is 39.9 Å². The van der Waals surface area contributed by atoms with Gasteiger partial charge in [0.2, 0.25) is 21.8 Å². The van der Waals surface area contributed by atoms with E-state index >= 15 is 0 Å². The lowest BCUT2D eigenvalue weighted by molar-refractivity contribution is -0.166. The highest BCUT2D eigenvalue weighted by Gasteiger charge is 2.55. The summed E-state index contributed by atoms with van der Waals surface area (Å²) in [6.45, 7) is 5.07. The van der Waals surface area contributed by atoms with Crippen molar-refractivity contribution in [1.29, 1.82) is 0 Å². The Morgan fingerprint density at radius 3 is 2.35 bits per heavy atom. The van der Waals surface area contributed by atoms with Gasteiger partial charge in [-0.1, -0.05) is 32.6 Å². The molecule has 1 spiro atoms. The highest BCUT2D eigenvalue weighted by Crippen LogP contribution is 2.36. The summed E-state index contributed by atoms with van der Waals surface area (Å²) >= 11 is 0. The third-order valence-electron chi connectivity index (χ3n) is 8.48. The van der Waals surface area contributed by atoms with Gasteiger partial charge in [-0.25, -0.2) is 8.42 Å². The zero-order valence-corrected chi connectivity index (χ0v) is 25.3. The van der Waals surface area contributed by atoms with Crippen molar-refractivity contribution in [3.8, 4) is 5.75 Å². The molecule has 1 aliphatic carbocycles. The van der Waals surface area contributed by atoms with Crippen molar-refractivity contribution in [2.75, 3.05) is 43.8 Å². The monoisotopic (exact) mass is 600 g/mol. The van der Waals surface area contributed by atoms with Gasteiger partial charge < -0.3 is 20.1 Å². The molecule has 10 nitrogen and oxygen atoms in total. The molecule has 4 rings (SSSR count). The van der Waals surface area contributed by atoms with Gasteiger partial charge in [0.15, 0.2) is 0 Å². The summed E-state index contributed by atoms with van der Waals surface area (Å²) < 4.78 is 31.0. The third kappa shape index (κ3) is 7.80. The van der Waals surface area contributed by atoms with E-state index in [4.69, 9.17) is 4.74 Å². The van der Waals surface area contributed by atoms with Crippen LogP contribution in [0, 0.1) is 5.92 Å². The lowest BCUT2D eigenvalue weighted by Crippen LogP contribution is -2.75. The number of nitrogens with zero attached hydrogens (tertiary/aromatic N) is 2. The van der Waals surface area contributed by atoms with E-state index in [2.05, 4.69) is 21.9 Å². The lowest BCUT2D eigenvalue weighted by Gasteiger charge is -2.52. The Balaban J connectivity index is 0.00000441. The van der Waals surface area contributed by atoms with Crippen LogP contribution in [0.2, 0.25) is 0 Å². The summed E-state index contributed by atoms with van der Waals surface area (Å²) in [4.78, 5) is 31.4. The maximum atomic E-state index is 13.7.